The molecule has 0 spiro atoms. The van der Waals surface area contributed by atoms with Gasteiger partial charge in [-0.25, -0.2) is 4.39 Å². The number of amides is 1. The lowest BCUT2D eigenvalue weighted by Gasteiger charge is -2.13. The number of nitrogens with zero attached hydrogens (tertiary/aromatic N) is 2. The predicted octanol–water partition coefficient (Wildman–Crippen LogP) is 2.45. The molecule has 0 radical (unpaired) electrons. The number of halogens is 1. The lowest BCUT2D eigenvalue weighted by atomic mass is 10.1. The smallest absolute Gasteiger partial charge is 0.251 e. The van der Waals surface area contributed by atoms with E-state index < -0.39 is 5.82 Å². The predicted molar refractivity (Wildman–Crippen MR) is 103 cm³/mol. The maximum absolute atomic E-state index is 13.7. The van der Waals surface area contributed by atoms with Crippen molar-refractivity contribution in [2.45, 2.75) is 13.1 Å². The minimum Gasteiger partial charge on any atom is -0.493 e. The standard InChI is InChI=1S/C18H18FN5O3S/c1-26-14-3-2-11(17(25)22-9-16-23-24-18(21)28-16)6-15(14)27-13-5-10(8-20)4-12(19)7-13/h2-7H,8-9,20H2,1H3,(H2,21,24)(H,22,25). The minimum atomic E-state index is -0.470. The van der Waals surface area contributed by atoms with Crippen LogP contribution >= 0.6 is 11.3 Å². The summed E-state index contributed by atoms with van der Waals surface area (Å²) in [6.07, 6.45) is 0. The topological polar surface area (TPSA) is 125 Å². The molecule has 1 heterocycles. The van der Waals surface area contributed by atoms with Crippen molar-refractivity contribution in [3.05, 3.63) is 58.3 Å². The van der Waals surface area contributed by atoms with E-state index in [1.54, 1.807) is 18.2 Å². The van der Waals surface area contributed by atoms with Gasteiger partial charge < -0.3 is 26.3 Å². The number of carbonyl (C=O) groups excluding carboxylic acids is 1. The molecule has 1 aromatic heterocycles. The molecule has 146 valence electrons. The first-order valence-corrected chi connectivity index (χ1v) is 9.01. The van der Waals surface area contributed by atoms with Crippen molar-refractivity contribution in [3.63, 3.8) is 0 Å². The third-order valence-corrected chi connectivity index (χ3v) is 4.46. The van der Waals surface area contributed by atoms with E-state index in [0.717, 1.165) is 0 Å². The molecular weight excluding hydrogens is 385 g/mol. The largest absolute Gasteiger partial charge is 0.493 e. The van der Waals surface area contributed by atoms with Gasteiger partial charge in [-0.1, -0.05) is 11.3 Å². The van der Waals surface area contributed by atoms with Gasteiger partial charge in [0, 0.05) is 18.2 Å². The second-order valence-corrected chi connectivity index (χ2v) is 6.78. The molecule has 0 aliphatic carbocycles. The second-order valence-electron chi connectivity index (χ2n) is 5.68. The van der Waals surface area contributed by atoms with E-state index in [1.807, 2.05) is 0 Å². The first-order valence-electron chi connectivity index (χ1n) is 8.20. The van der Waals surface area contributed by atoms with Crippen molar-refractivity contribution >= 4 is 22.4 Å². The van der Waals surface area contributed by atoms with Gasteiger partial charge in [-0.2, -0.15) is 0 Å². The van der Waals surface area contributed by atoms with Crippen LogP contribution in [0.3, 0.4) is 0 Å². The van der Waals surface area contributed by atoms with Gasteiger partial charge in [0.25, 0.3) is 5.91 Å². The van der Waals surface area contributed by atoms with Crippen LogP contribution in [0.25, 0.3) is 0 Å². The highest BCUT2D eigenvalue weighted by molar-refractivity contribution is 7.15. The van der Waals surface area contributed by atoms with Gasteiger partial charge in [0.05, 0.1) is 13.7 Å². The van der Waals surface area contributed by atoms with Crippen molar-refractivity contribution in [2.75, 3.05) is 12.8 Å². The van der Waals surface area contributed by atoms with E-state index in [2.05, 4.69) is 15.5 Å². The number of nitrogen functional groups attached to an aromatic ring is 1. The molecule has 28 heavy (non-hydrogen) atoms. The van der Waals surface area contributed by atoms with Crippen LogP contribution in [0.2, 0.25) is 0 Å². The summed E-state index contributed by atoms with van der Waals surface area (Å²) >= 11 is 1.19. The zero-order valence-corrected chi connectivity index (χ0v) is 15.8. The maximum atomic E-state index is 13.7. The third-order valence-electron chi connectivity index (χ3n) is 3.70. The van der Waals surface area contributed by atoms with Crippen molar-refractivity contribution in [2.24, 2.45) is 5.73 Å². The highest BCUT2D eigenvalue weighted by Crippen LogP contribution is 2.33. The molecule has 3 aromatic rings. The molecule has 3 rings (SSSR count). The second kappa shape index (κ2) is 8.63. The first kappa shape index (κ1) is 19.5. The molecule has 1 amide bonds. The molecule has 5 N–H and O–H groups in total. The summed E-state index contributed by atoms with van der Waals surface area (Å²) in [6.45, 7) is 0.365. The summed E-state index contributed by atoms with van der Waals surface area (Å²) in [5, 5.41) is 11.2. The average Bonchev–Trinajstić information content (AvgIpc) is 3.10. The van der Waals surface area contributed by atoms with E-state index in [0.29, 0.717) is 27.0 Å². The van der Waals surface area contributed by atoms with Crippen LogP contribution < -0.4 is 26.3 Å². The van der Waals surface area contributed by atoms with Crippen molar-refractivity contribution in [3.8, 4) is 17.2 Å². The Labute approximate surface area is 164 Å². The van der Waals surface area contributed by atoms with Gasteiger partial charge in [-0.15, -0.1) is 10.2 Å². The fourth-order valence-corrected chi connectivity index (χ4v) is 2.97. The van der Waals surface area contributed by atoms with Gasteiger partial charge >= 0.3 is 0 Å². The van der Waals surface area contributed by atoms with E-state index in [-0.39, 0.29) is 30.5 Å². The van der Waals surface area contributed by atoms with Gasteiger partial charge in [0.2, 0.25) is 5.13 Å². The van der Waals surface area contributed by atoms with E-state index in [4.69, 9.17) is 20.9 Å². The van der Waals surface area contributed by atoms with E-state index >= 15 is 0 Å². The summed E-state index contributed by atoms with van der Waals surface area (Å²) in [5.74, 6) is 0.0989. The van der Waals surface area contributed by atoms with Crippen LogP contribution in [0, 0.1) is 5.82 Å². The lowest BCUT2D eigenvalue weighted by molar-refractivity contribution is 0.0950. The number of nitrogens with one attached hydrogen (secondary N) is 1. The summed E-state index contributed by atoms with van der Waals surface area (Å²) in [7, 11) is 1.47. The number of benzene rings is 2. The molecule has 0 unspecified atom stereocenters. The number of aromatic nitrogens is 2. The van der Waals surface area contributed by atoms with Crippen LogP contribution in [-0.2, 0) is 13.1 Å². The van der Waals surface area contributed by atoms with Crippen LogP contribution in [0.15, 0.2) is 36.4 Å². The van der Waals surface area contributed by atoms with Gasteiger partial charge in [0.15, 0.2) is 11.5 Å². The Kier molecular flexibility index (Phi) is 6.02. The van der Waals surface area contributed by atoms with Gasteiger partial charge in [-0.3, -0.25) is 4.79 Å². The number of methoxy groups -OCH3 is 1. The molecule has 2 aromatic carbocycles. The van der Waals surface area contributed by atoms with Gasteiger partial charge in [0.1, 0.15) is 16.6 Å². The summed E-state index contributed by atoms with van der Waals surface area (Å²) in [6, 6.07) is 8.87. The lowest BCUT2D eigenvalue weighted by Crippen LogP contribution is -2.22. The molecule has 10 heteroatoms. The van der Waals surface area contributed by atoms with E-state index in [9.17, 15) is 9.18 Å². The summed E-state index contributed by atoms with van der Waals surface area (Å²) in [5.41, 5.74) is 12.0. The molecule has 8 nitrogen and oxygen atoms in total. The van der Waals surface area contributed by atoms with Crippen LogP contribution in [0.1, 0.15) is 20.9 Å². The fraction of sp³-hybridized carbons (Fsp3) is 0.167. The van der Waals surface area contributed by atoms with E-state index in [1.165, 1.54) is 36.6 Å². The summed E-state index contributed by atoms with van der Waals surface area (Å²) < 4.78 is 24.7. The number of anilines is 1. The quantitative estimate of drug-likeness (QED) is 0.553. The highest BCUT2D eigenvalue weighted by Gasteiger charge is 2.14. The zero-order chi connectivity index (χ0) is 20.1. The van der Waals surface area contributed by atoms with Crippen molar-refractivity contribution in [1.29, 1.82) is 0 Å². The summed E-state index contributed by atoms with van der Waals surface area (Å²) in [4.78, 5) is 12.4. The van der Waals surface area contributed by atoms with Crippen LogP contribution in [-0.4, -0.2) is 23.2 Å². The maximum Gasteiger partial charge on any atom is 0.251 e. The fourth-order valence-electron chi connectivity index (χ4n) is 2.42. The number of rotatable bonds is 7. The number of carbonyl (C=O) groups is 1. The number of hydrogen-bond acceptors (Lipinski definition) is 8. The monoisotopic (exact) mass is 403 g/mol. The van der Waals surface area contributed by atoms with Crippen LogP contribution in [0.5, 0.6) is 17.2 Å². The molecule has 0 aliphatic heterocycles. The Morgan fingerprint density at radius 2 is 2.04 bits per heavy atom. The first-order chi connectivity index (χ1) is 13.5. The van der Waals surface area contributed by atoms with Crippen LogP contribution in [0.4, 0.5) is 9.52 Å². The Morgan fingerprint density at radius 3 is 2.71 bits per heavy atom. The molecule has 0 saturated heterocycles. The Balaban J connectivity index is 1.79. The molecule has 0 atom stereocenters. The van der Waals surface area contributed by atoms with Gasteiger partial charge in [-0.05, 0) is 35.9 Å². The minimum absolute atomic E-state index is 0.170. The van der Waals surface area contributed by atoms with Crippen molar-refractivity contribution < 1.29 is 18.7 Å². The molecule has 0 aliphatic rings. The third kappa shape index (κ3) is 4.72. The van der Waals surface area contributed by atoms with Crippen molar-refractivity contribution in [1.82, 2.24) is 15.5 Å². The Bertz CT molecular complexity index is 995. The normalized spacial score (nSPS) is 10.5. The molecule has 0 bridgehead atoms. The Hall–Kier alpha value is -3.24. The SMILES string of the molecule is COc1ccc(C(=O)NCc2nnc(N)s2)cc1Oc1cc(F)cc(CN)c1. The Morgan fingerprint density at radius 1 is 1.21 bits per heavy atom. The molecule has 0 saturated carbocycles. The number of nitrogens with two attached hydrogens (primary N) is 2. The zero-order valence-electron chi connectivity index (χ0n) is 14.9. The molecular formula is C18H18FN5O3S. The highest BCUT2D eigenvalue weighted by atomic mass is 32.1. The average molecular weight is 403 g/mol. The number of hydrogen-bond donors (Lipinski definition) is 3. The molecule has 0 fully saturated rings. The number of ether oxygens (including phenoxy) is 2.